The maximum absolute atomic E-state index is 12.7. The van der Waals surface area contributed by atoms with E-state index in [2.05, 4.69) is 15.6 Å². The predicted octanol–water partition coefficient (Wildman–Crippen LogP) is 0.714. The number of hydrogen-bond acceptors (Lipinski definition) is 5. The molecule has 0 saturated carbocycles. The van der Waals surface area contributed by atoms with Crippen molar-refractivity contribution < 1.29 is 14.4 Å². The van der Waals surface area contributed by atoms with Gasteiger partial charge >= 0.3 is 0 Å². The minimum absolute atomic E-state index is 0.0175. The van der Waals surface area contributed by atoms with E-state index in [0.717, 1.165) is 32.4 Å². The third-order valence-electron chi connectivity index (χ3n) is 5.27. The van der Waals surface area contributed by atoms with Crippen LogP contribution in [0.4, 0.5) is 5.82 Å². The number of rotatable bonds is 6. The fourth-order valence-electron chi connectivity index (χ4n) is 3.59. The van der Waals surface area contributed by atoms with Crippen LogP contribution in [0, 0.1) is 5.92 Å². The number of aromatic nitrogens is 1. The smallest absolute Gasteiger partial charge is 0.255 e. The molecule has 3 heterocycles. The van der Waals surface area contributed by atoms with Crippen LogP contribution >= 0.6 is 0 Å². The fraction of sp³-hybridized carbons (Fsp3) is 0.579. The summed E-state index contributed by atoms with van der Waals surface area (Å²) in [5.41, 5.74) is 0.550. The van der Waals surface area contributed by atoms with Gasteiger partial charge in [-0.1, -0.05) is 0 Å². The van der Waals surface area contributed by atoms with E-state index in [0.29, 0.717) is 36.8 Å². The highest BCUT2D eigenvalue weighted by Gasteiger charge is 2.28. The van der Waals surface area contributed by atoms with Crippen LogP contribution in [0.5, 0.6) is 0 Å². The van der Waals surface area contributed by atoms with Crippen LogP contribution in [0.25, 0.3) is 0 Å². The van der Waals surface area contributed by atoms with Crippen molar-refractivity contribution >= 4 is 23.5 Å². The van der Waals surface area contributed by atoms with Gasteiger partial charge in [0.15, 0.2) is 0 Å². The van der Waals surface area contributed by atoms with E-state index in [1.165, 1.54) is 0 Å². The highest BCUT2D eigenvalue weighted by atomic mass is 16.2. The fourth-order valence-corrected chi connectivity index (χ4v) is 3.59. The van der Waals surface area contributed by atoms with Crippen molar-refractivity contribution in [3.63, 3.8) is 0 Å². The van der Waals surface area contributed by atoms with Gasteiger partial charge in [0.2, 0.25) is 11.8 Å². The number of nitrogens with one attached hydrogen (secondary N) is 2. The molecule has 2 aliphatic rings. The zero-order valence-electron chi connectivity index (χ0n) is 15.7. The average molecular weight is 373 g/mol. The summed E-state index contributed by atoms with van der Waals surface area (Å²) in [6.07, 6.45) is 5.04. The largest absolute Gasteiger partial charge is 0.361 e. The Labute approximate surface area is 159 Å². The van der Waals surface area contributed by atoms with Gasteiger partial charge in [0.1, 0.15) is 5.82 Å². The van der Waals surface area contributed by atoms with Crippen LogP contribution in [0.15, 0.2) is 18.3 Å². The highest BCUT2D eigenvalue weighted by Crippen LogP contribution is 2.22. The summed E-state index contributed by atoms with van der Waals surface area (Å²) < 4.78 is 0. The summed E-state index contributed by atoms with van der Waals surface area (Å²) in [5, 5.41) is 5.43. The van der Waals surface area contributed by atoms with Gasteiger partial charge in [-0.2, -0.15) is 0 Å². The lowest BCUT2D eigenvalue weighted by atomic mass is 9.96. The van der Waals surface area contributed by atoms with E-state index < -0.39 is 0 Å². The second kappa shape index (κ2) is 8.83. The molecule has 0 bridgehead atoms. The third-order valence-corrected chi connectivity index (χ3v) is 5.27. The maximum Gasteiger partial charge on any atom is 0.255 e. The molecule has 0 aromatic carbocycles. The zero-order chi connectivity index (χ0) is 19.2. The second-order valence-corrected chi connectivity index (χ2v) is 7.14. The number of anilines is 1. The zero-order valence-corrected chi connectivity index (χ0v) is 15.7. The molecule has 8 heteroatoms. The Hall–Kier alpha value is -2.64. The molecule has 0 aliphatic carbocycles. The first-order valence-corrected chi connectivity index (χ1v) is 9.54. The normalized spacial score (nSPS) is 17.9. The van der Waals surface area contributed by atoms with Crippen LogP contribution in [0.1, 0.15) is 36.0 Å². The molecule has 8 nitrogen and oxygen atoms in total. The van der Waals surface area contributed by atoms with Crippen molar-refractivity contribution in [2.45, 2.75) is 25.7 Å². The molecule has 0 spiro atoms. The lowest BCUT2D eigenvalue weighted by Gasteiger charge is -2.34. The van der Waals surface area contributed by atoms with E-state index in [-0.39, 0.29) is 24.3 Å². The number of hydrogen-bond donors (Lipinski definition) is 2. The predicted molar refractivity (Wildman–Crippen MR) is 101 cm³/mol. The number of likely N-dealkylation sites (tertiary alicyclic amines) is 2. The molecule has 1 aromatic heterocycles. The Balaban J connectivity index is 1.47. The topological polar surface area (TPSA) is 94.6 Å². The van der Waals surface area contributed by atoms with E-state index in [9.17, 15) is 14.4 Å². The molecule has 146 valence electrons. The summed E-state index contributed by atoms with van der Waals surface area (Å²) in [7, 11) is 1.57. The molecule has 3 rings (SSSR count). The second-order valence-electron chi connectivity index (χ2n) is 7.14. The van der Waals surface area contributed by atoms with Gasteiger partial charge in [0, 0.05) is 45.8 Å². The molecular weight excluding hydrogens is 346 g/mol. The standard InChI is InChI=1S/C19H27N5O3/c1-20-17(25)12-22-16-5-4-15(11-21-16)19(27)23-9-6-14(7-10-23)13-24-8-2-3-18(24)26/h4-5,11,14H,2-3,6-10,12-13H2,1H3,(H,20,25)(H,21,22). The Morgan fingerprint density at radius 2 is 2.00 bits per heavy atom. The number of carbonyl (C=O) groups is 3. The highest BCUT2D eigenvalue weighted by molar-refractivity contribution is 5.94. The van der Waals surface area contributed by atoms with Gasteiger partial charge in [-0.05, 0) is 37.3 Å². The molecule has 0 unspecified atom stereocenters. The van der Waals surface area contributed by atoms with Crippen molar-refractivity contribution in [3.05, 3.63) is 23.9 Å². The van der Waals surface area contributed by atoms with Crippen molar-refractivity contribution in [2.75, 3.05) is 45.1 Å². The van der Waals surface area contributed by atoms with Crippen LogP contribution in [-0.2, 0) is 9.59 Å². The van der Waals surface area contributed by atoms with Crippen molar-refractivity contribution in [3.8, 4) is 0 Å². The Bertz CT molecular complexity index is 683. The third kappa shape index (κ3) is 4.96. The Morgan fingerprint density at radius 1 is 1.22 bits per heavy atom. The van der Waals surface area contributed by atoms with Gasteiger partial charge in [-0.3, -0.25) is 14.4 Å². The Kier molecular flexibility index (Phi) is 6.26. The van der Waals surface area contributed by atoms with Crippen LogP contribution in [0.2, 0.25) is 0 Å². The molecule has 2 fully saturated rings. The quantitative estimate of drug-likeness (QED) is 0.766. The number of carbonyl (C=O) groups excluding carboxylic acids is 3. The SMILES string of the molecule is CNC(=O)CNc1ccc(C(=O)N2CCC(CN3CCCC3=O)CC2)cn1. The monoisotopic (exact) mass is 373 g/mol. The number of nitrogens with zero attached hydrogens (tertiary/aromatic N) is 3. The van der Waals surface area contributed by atoms with Crippen molar-refractivity contribution in [1.29, 1.82) is 0 Å². The van der Waals surface area contributed by atoms with Gasteiger partial charge in [-0.25, -0.2) is 4.98 Å². The molecule has 0 atom stereocenters. The van der Waals surface area contributed by atoms with E-state index in [4.69, 9.17) is 0 Å². The lowest BCUT2D eigenvalue weighted by Crippen LogP contribution is -2.41. The first-order chi connectivity index (χ1) is 13.1. The minimum Gasteiger partial charge on any atom is -0.361 e. The molecule has 2 N–H and O–H groups in total. The minimum atomic E-state index is -0.129. The van der Waals surface area contributed by atoms with Gasteiger partial charge < -0.3 is 20.4 Å². The summed E-state index contributed by atoms with van der Waals surface area (Å²) in [5.74, 6) is 1.16. The molecular formula is C19H27N5O3. The van der Waals surface area contributed by atoms with Crippen molar-refractivity contribution in [2.24, 2.45) is 5.92 Å². The summed E-state index contributed by atoms with van der Waals surface area (Å²) in [4.78, 5) is 43.7. The number of piperidine rings is 1. The lowest BCUT2D eigenvalue weighted by molar-refractivity contribution is -0.128. The summed E-state index contributed by atoms with van der Waals surface area (Å²) in [6.45, 7) is 3.27. The number of amides is 3. The van der Waals surface area contributed by atoms with E-state index in [1.54, 1.807) is 25.4 Å². The molecule has 1 aromatic rings. The summed E-state index contributed by atoms with van der Waals surface area (Å²) >= 11 is 0. The van der Waals surface area contributed by atoms with Crippen LogP contribution in [0.3, 0.4) is 0 Å². The first-order valence-electron chi connectivity index (χ1n) is 9.54. The molecule has 0 radical (unpaired) electrons. The Morgan fingerprint density at radius 3 is 2.59 bits per heavy atom. The van der Waals surface area contributed by atoms with Gasteiger partial charge in [0.25, 0.3) is 5.91 Å². The number of pyridine rings is 1. The number of likely N-dealkylation sites (N-methyl/N-ethyl adjacent to an activating group) is 1. The van der Waals surface area contributed by atoms with E-state index >= 15 is 0 Å². The molecule has 2 saturated heterocycles. The van der Waals surface area contributed by atoms with Crippen LogP contribution in [-0.4, -0.2) is 72.3 Å². The molecule has 27 heavy (non-hydrogen) atoms. The average Bonchev–Trinajstić information content (AvgIpc) is 3.11. The van der Waals surface area contributed by atoms with Crippen LogP contribution < -0.4 is 10.6 Å². The maximum atomic E-state index is 12.7. The van der Waals surface area contributed by atoms with E-state index in [1.807, 2.05) is 9.80 Å². The van der Waals surface area contributed by atoms with Gasteiger partial charge in [0.05, 0.1) is 12.1 Å². The van der Waals surface area contributed by atoms with Gasteiger partial charge in [-0.15, -0.1) is 0 Å². The van der Waals surface area contributed by atoms with Crippen molar-refractivity contribution in [1.82, 2.24) is 20.1 Å². The first kappa shape index (κ1) is 19.1. The molecule has 3 amide bonds. The summed E-state index contributed by atoms with van der Waals surface area (Å²) in [6, 6.07) is 3.44. The molecule has 2 aliphatic heterocycles.